The monoisotopic (exact) mass is 219 g/mol. The SMILES string of the molecule is FC1(F)CCN(CN2CCNCC2)CC1. The van der Waals surface area contributed by atoms with Gasteiger partial charge in [0.1, 0.15) is 0 Å². The van der Waals surface area contributed by atoms with E-state index in [1.165, 1.54) is 0 Å². The van der Waals surface area contributed by atoms with Crippen LogP contribution in [0.5, 0.6) is 0 Å². The maximum Gasteiger partial charge on any atom is 0.250 e. The first-order valence-electron chi connectivity index (χ1n) is 5.69. The molecule has 2 saturated heterocycles. The Hall–Kier alpha value is -0.260. The topological polar surface area (TPSA) is 18.5 Å². The van der Waals surface area contributed by atoms with Gasteiger partial charge >= 0.3 is 0 Å². The highest BCUT2D eigenvalue weighted by Crippen LogP contribution is 2.27. The Bertz CT molecular complexity index is 195. The van der Waals surface area contributed by atoms with Crippen molar-refractivity contribution < 1.29 is 8.78 Å². The number of nitrogens with one attached hydrogen (secondary N) is 1. The van der Waals surface area contributed by atoms with Gasteiger partial charge in [0.05, 0.1) is 6.67 Å². The standard InChI is InChI=1S/C10H19F2N3/c11-10(12)1-5-14(6-2-10)9-15-7-3-13-4-8-15/h13H,1-9H2. The van der Waals surface area contributed by atoms with Crippen molar-refractivity contribution in [2.45, 2.75) is 18.8 Å². The molecule has 2 fully saturated rings. The molecule has 0 aromatic rings. The van der Waals surface area contributed by atoms with Crippen molar-refractivity contribution in [1.82, 2.24) is 15.1 Å². The Morgan fingerprint density at radius 3 is 2.07 bits per heavy atom. The number of alkyl halides is 2. The molecule has 0 aliphatic carbocycles. The Kier molecular flexibility index (Phi) is 3.53. The molecular formula is C10H19F2N3. The molecule has 0 spiro atoms. The fourth-order valence-electron chi connectivity index (χ4n) is 2.16. The molecular weight excluding hydrogens is 200 g/mol. The van der Waals surface area contributed by atoms with Crippen LogP contribution in [0.25, 0.3) is 0 Å². The average Bonchev–Trinajstić information content (AvgIpc) is 2.23. The number of rotatable bonds is 2. The molecule has 0 bridgehead atoms. The van der Waals surface area contributed by atoms with Crippen LogP contribution in [0.4, 0.5) is 8.78 Å². The molecule has 0 unspecified atom stereocenters. The summed E-state index contributed by atoms with van der Waals surface area (Å²) in [6.45, 7) is 6.04. The summed E-state index contributed by atoms with van der Waals surface area (Å²) in [4.78, 5) is 4.47. The van der Waals surface area contributed by atoms with E-state index in [0.29, 0.717) is 13.1 Å². The first kappa shape index (κ1) is 11.2. The summed E-state index contributed by atoms with van der Waals surface area (Å²) in [6.07, 6.45) is 0.0537. The van der Waals surface area contributed by atoms with Crippen molar-refractivity contribution >= 4 is 0 Å². The number of hydrogen-bond acceptors (Lipinski definition) is 3. The van der Waals surface area contributed by atoms with E-state index in [-0.39, 0.29) is 12.8 Å². The summed E-state index contributed by atoms with van der Waals surface area (Å²) in [5.41, 5.74) is 0. The summed E-state index contributed by atoms with van der Waals surface area (Å²) in [7, 11) is 0. The van der Waals surface area contributed by atoms with Gasteiger partial charge in [-0.05, 0) is 0 Å². The summed E-state index contributed by atoms with van der Waals surface area (Å²) < 4.78 is 25.8. The maximum absolute atomic E-state index is 12.9. The van der Waals surface area contributed by atoms with E-state index in [9.17, 15) is 8.78 Å². The minimum absolute atomic E-state index is 0.0269. The molecule has 15 heavy (non-hydrogen) atoms. The predicted molar refractivity (Wildman–Crippen MR) is 55.1 cm³/mol. The van der Waals surface area contributed by atoms with E-state index in [2.05, 4.69) is 15.1 Å². The number of nitrogens with zero attached hydrogens (tertiary/aromatic N) is 2. The fourth-order valence-corrected chi connectivity index (χ4v) is 2.16. The van der Waals surface area contributed by atoms with Crippen LogP contribution >= 0.6 is 0 Å². The lowest BCUT2D eigenvalue weighted by molar-refractivity contribution is -0.0642. The minimum Gasteiger partial charge on any atom is -0.314 e. The zero-order valence-corrected chi connectivity index (χ0v) is 9.01. The number of likely N-dealkylation sites (tertiary alicyclic amines) is 1. The van der Waals surface area contributed by atoms with Gasteiger partial charge in [-0.25, -0.2) is 8.78 Å². The molecule has 2 rings (SSSR count). The zero-order chi connectivity index (χ0) is 10.7. The van der Waals surface area contributed by atoms with E-state index in [0.717, 1.165) is 32.8 Å². The fraction of sp³-hybridized carbons (Fsp3) is 1.00. The molecule has 0 aromatic carbocycles. The molecule has 0 amide bonds. The zero-order valence-electron chi connectivity index (χ0n) is 9.01. The van der Waals surface area contributed by atoms with Crippen LogP contribution in [0.2, 0.25) is 0 Å². The Balaban J connectivity index is 1.71. The van der Waals surface area contributed by atoms with Gasteiger partial charge in [0.2, 0.25) is 0 Å². The lowest BCUT2D eigenvalue weighted by Gasteiger charge is -2.37. The molecule has 5 heteroatoms. The van der Waals surface area contributed by atoms with Crippen LogP contribution in [0.1, 0.15) is 12.8 Å². The van der Waals surface area contributed by atoms with Crippen LogP contribution < -0.4 is 5.32 Å². The van der Waals surface area contributed by atoms with Gasteiger partial charge in [0.15, 0.2) is 0 Å². The second-order valence-electron chi connectivity index (χ2n) is 4.48. The van der Waals surface area contributed by atoms with Gasteiger partial charge in [0.25, 0.3) is 5.92 Å². The van der Waals surface area contributed by atoms with Crippen molar-refractivity contribution in [3.63, 3.8) is 0 Å². The molecule has 0 radical (unpaired) electrons. The second kappa shape index (κ2) is 4.72. The first-order valence-corrected chi connectivity index (χ1v) is 5.69. The minimum atomic E-state index is -2.42. The van der Waals surface area contributed by atoms with Crippen molar-refractivity contribution in [2.24, 2.45) is 0 Å². The molecule has 2 aliphatic rings. The summed E-state index contributed by atoms with van der Waals surface area (Å²) >= 11 is 0. The molecule has 88 valence electrons. The van der Waals surface area contributed by atoms with Gasteiger partial charge in [-0.15, -0.1) is 0 Å². The van der Waals surface area contributed by atoms with Gasteiger partial charge in [-0.2, -0.15) is 0 Å². The Morgan fingerprint density at radius 1 is 0.933 bits per heavy atom. The summed E-state index contributed by atoms with van der Waals surface area (Å²) in [5, 5.41) is 3.28. The number of piperazine rings is 1. The first-order chi connectivity index (χ1) is 7.16. The molecule has 2 heterocycles. The van der Waals surface area contributed by atoms with E-state index in [4.69, 9.17) is 0 Å². The third-order valence-corrected chi connectivity index (χ3v) is 3.20. The lowest BCUT2D eigenvalue weighted by Crippen LogP contribution is -2.50. The lowest BCUT2D eigenvalue weighted by atomic mass is 10.1. The number of halogens is 2. The smallest absolute Gasteiger partial charge is 0.250 e. The normalized spacial score (nSPS) is 29.2. The van der Waals surface area contributed by atoms with E-state index in [1.54, 1.807) is 0 Å². The van der Waals surface area contributed by atoms with E-state index in [1.807, 2.05) is 0 Å². The Labute approximate surface area is 89.4 Å². The average molecular weight is 219 g/mol. The van der Waals surface area contributed by atoms with Gasteiger partial charge in [0, 0.05) is 52.1 Å². The third kappa shape index (κ3) is 3.36. The highest BCUT2D eigenvalue weighted by atomic mass is 19.3. The van der Waals surface area contributed by atoms with Crippen LogP contribution in [0.3, 0.4) is 0 Å². The molecule has 0 aromatic heterocycles. The molecule has 2 aliphatic heterocycles. The quantitative estimate of drug-likeness (QED) is 0.733. The highest BCUT2D eigenvalue weighted by Gasteiger charge is 2.34. The van der Waals surface area contributed by atoms with Crippen molar-refractivity contribution in [1.29, 1.82) is 0 Å². The van der Waals surface area contributed by atoms with Gasteiger partial charge < -0.3 is 5.32 Å². The number of piperidine rings is 1. The van der Waals surface area contributed by atoms with Crippen molar-refractivity contribution in [2.75, 3.05) is 45.9 Å². The second-order valence-corrected chi connectivity index (χ2v) is 4.48. The maximum atomic E-state index is 12.9. The highest BCUT2D eigenvalue weighted by molar-refractivity contribution is 4.78. The van der Waals surface area contributed by atoms with Crippen molar-refractivity contribution in [3.8, 4) is 0 Å². The molecule has 1 N–H and O–H groups in total. The van der Waals surface area contributed by atoms with Gasteiger partial charge in [-0.3, -0.25) is 9.80 Å². The summed E-state index contributed by atoms with van der Waals surface area (Å²) in [6, 6.07) is 0. The molecule has 3 nitrogen and oxygen atoms in total. The van der Waals surface area contributed by atoms with Crippen LogP contribution in [-0.4, -0.2) is 61.7 Å². The molecule has 0 atom stereocenters. The Morgan fingerprint density at radius 2 is 1.47 bits per heavy atom. The molecule has 0 saturated carbocycles. The van der Waals surface area contributed by atoms with Crippen LogP contribution in [-0.2, 0) is 0 Å². The predicted octanol–water partition coefficient (Wildman–Crippen LogP) is 0.580. The van der Waals surface area contributed by atoms with Crippen LogP contribution in [0.15, 0.2) is 0 Å². The third-order valence-electron chi connectivity index (χ3n) is 3.20. The van der Waals surface area contributed by atoms with E-state index >= 15 is 0 Å². The van der Waals surface area contributed by atoms with Crippen molar-refractivity contribution in [3.05, 3.63) is 0 Å². The van der Waals surface area contributed by atoms with E-state index < -0.39 is 5.92 Å². The largest absolute Gasteiger partial charge is 0.314 e. The number of hydrogen-bond donors (Lipinski definition) is 1. The summed E-state index contributed by atoms with van der Waals surface area (Å²) in [5.74, 6) is -2.42. The van der Waals surface area contributed by atoms with Crippen LogP contribution in [0, 0.1) is 0 Å². The van der Waals surface area contributed by atoms with Gasteiger partial charge in [-0.1, -0.05) is 0 Å².